The van der Waals surface area contributed by atoms with E-state index in [4.69, 9.17) is 15.6 Å². The zero-order valence-corrected chi connectivity index (χ0v) is 10.5. The number of carbonyl (C=O) groups excluding carboxylic acids is 1. The number of carboxylic acid groups (broad SMARTS) is 1. The van der Waals surface area contributed by atoms with Crippen LogP contribution in [0.4, 0.5) is 0 Å². The Morgan fingerprint density at radius 1 is 1.47 bits per heavy atom. The maximum atomic E-state index is 11.9. The molecule has 1 aliphatic heterocycles. The van der Waals surface area contributed by atoms with Crippen molar-refractivity contribution in [2.45, 2.75) is 31.8 Å². The average molecular weight is 244 g/mol. The van der Waals surface area contributed by atoms with Crippen molar-refractivity contribution < 1.29 is 19.4 Å². The number of likely N-dealkylation sites (N-methyl/N-ethyl adjacent to an activating group) is 1. The predicted molar refractivity (Wildman–Crippen MR) is 61.4 cm³/mol. The van der Waals surface area contributed by atoms with Crippen LogP contribution in [0.3, 0.4) is 0 Å². The second-order valence-corrected chi connectivity index (χ2v) is 5.22. The topological polar surface area (TPSA) is 92.9 Å². The summed E-state index contributed by atoms with van der Waals surface area (Å²) in [4.78, 5) is 24.3. The maximum Gasteiger partial charge on any atom is 0.311 e. The number of nitrogens with two attached hydrogens (primary N) is 1. The van der Waals surface area contributed by atoms with Gasteiger partial charge in [0.05, 0.1) is 19.3 Å². The summed E-state index contributed by atoms with van der Waals surface area (Å²) in [6.45, 7) is 3.95. The van der Waals surface area contributed by atoms with Crippen molar-refractivity contribution >= 4 is 11.9 Å². The van der Waals surface area contributed by atoms with E-state index in [9.17, 15) is 9.59 Å². The molecular formula is C11H20N2O4. The van der Waals surface area contributed by atoms with Crippen molar-refractivity contribution in [2.75, 3.05) is 20.3 Å². The second kappa shape index (κ2) is 5.01. The van der Waals surface area contributed by atoms with Crippen LogP contribution in [0, 0.1) is 5.92 Å². The summed E-state index contributed by atoms with van der Waals surface area (Å²) >= 11 is 0. The molecule has 6 heteroatoms. The molecule has 1 fully saturated rings. The van der Waals surface area contributed by atoms with Crippen LogP contribution in [0.2, 0.25) is 0 Å². The molecule has 1 heterocycles. The smallest absolute Gasteiger partial charge is 0.311 e. The lowest BCUT2D eigenvalue weighted by molar-refractivity contribution is -0.144. The summed E-state index contributed by atoms with van der Waals surface area (Å²) in [6, 6.07) is -0.401. The summed E-state index contributed by atoms with van der Waals surface area (Å²) in [6.07, 6.45) is 0.187. The maximum absolute atomic E-state index is 11.9. The van der Waals surface area contributed by atoms with Crippen LogP contribution >= 0.6 is 0 Å². The number of aliphatic carboxylic acids is 1. The first-order valence-corrected chi connectivity index (χ1v) is 5.57. The van der Waals surface area contributed by atoms with E-state index < -0.39 is 23.5 Å². The molecule has 98 valence electrons. The molecule has 6 nitrogen and oxygen atoms in total. The van der Waals surface area contributed by atoms with Crippen LogP contribution in [0.25, 0.3) is 0 Å². The van der Waals surface area contributed by atoms with Crippen molar-refractivity contribution in [3.05, 3.63) is 0 Å². The summed E-state index contributed by atoms with van der Waals surface area (Å²) in [7, 11) is 1.60. The Labute approximate surface area is 101 Å². The first kappa shape index (κ1) is 13.9. The largest absolute Gasteiger partial charge is 0.481 e. The standard InChI is InChI=1S/C11H20N2O4/c1-11(2,12)4-9(14)13(3)8-6-17-5-7(8)10(15)16/h7-8H,4-6,12H2,1-3H3,(H,15,16). The Morgan fingerprint density at radius 2 is 2.06 bits per heavy atom. The molecular weight excluding hydrogens is 224 g/mol. The lowest BCUT2D eigenvalue weighted by Crippen LogP contribution is -2.47. The van der Waals surface area contributed by atoms with Crippen molar-refractivity contribution in [2.24, 2.45) is 11.7 Å². The number of rotatable bonds is 4. The molecule has 0 spiro atoms. The van der Waals surface area contributed by atoms with E-state index in [1.807, 2.05) is 0 Å². The molecule has 2 atom stereocenters. The van der Waals surface area contributed by atoms with Gasteiger partial charge in [0.2, 0.25) is 5.91 Å². The third-order valence-electron chi connectivity index (χ3n) is 2.87. The van der Waals surface area contributed by atoms with Crippen molar-refractivity contribution in [1.29, 1.82) is 0 Å². The molecule has 1 saturated heterocycles. The fourth-order valence-electron chi connectivity index (χ4n) is 1.86. The molecule has 0 saturated carbocycles. The fraction of sp³-hybridized carbons (Fsp3) is 0.818. The van der Waals surface area contributed by atoms with E-state index in [1.54, 1.807) is 20.9 Å². The van der Waals surface area contributed by atoms with Gasteiger partial charge in [0.15, 0.2) is 0 Å². The minimum atomic E-state index is -0.931. The van der Waals surface area contributed by atoms with Gasteiger partial charge in [0, 0.05) is 19.0 Å². The molecule has 0 aliphatic carbocycles. The van der Waals surface area contributed by atoms with Crippen LogP contribution in [-0.2, 0) is 14.3 Å². The summed E-state index contributed by atoms with van der Waals surface area (Å²) in [5.41, 5.74) is 5.18. The molecule has 0 aromatic rings. The molecule has 0 aromatic heterocycles. The molecule has 2 unspecified atom stereocenters. The number of hydrogen-bond acceptors (Lipinski definition) is 4. The van der Waals surface area contributed by atoms with E-state index >= 15 is 0 Å². The van der Waals surface area contributed by atoms with Gasteiger partial charge in [-0.3, -0.25) is 9.59 Å². The van der Waals surface area contributed by atoms with Gasteiger partial charge in [0.1, 0.15) is 5.92 Å². The van der Waals surface area contributed by atoms with E-state index in [-0.39, 0.29) is 25.5 Å². The van der Waals surface area contributed by atoms with Gasteiger partial charge in [0.25, 0.3) is 0 Å². The van der Waals surface area contributed by atoms with Gasteiger partial charge < -0.3 is 20.5 Å². The third-order valence-corrected chi connectivity index (χ3v) is 2.87. The van der Waals surface area contributed by atoms with Gasteiger partial charge in [-0.15, -0.1) is 0 Å². The molecule has 3 N–H and O–H groups in total. The first-order chi connectivity index (χ1) is 7.72. The highest BCUT2D eigenvalue weighted by molar-refractivity contribution is 5.79. The monoisotopic (exact) mass is 244 g/mol. The molecule has 1 aliphatic rings. The Balaban J connectivity index is 2.66. The zero-order valence-electron chi connectivity index (χ0n) is 10.5. The Hall–Kier alpha value is -1.14. The molecule has 0 radical (unpaired) electrons. The number of nitrogens with zero attached hydrogens (tertiary/aromatic N) is 1. The Bertz CT molecular complexity index is 311. The third kappa shape index (κ3) is 3.67. The van der Waals surface area contributed by atoms with Crippen molar-refractivity contribution in [3.63, 3.8) is 0 Å². The average Bonchev–Trinajstić information content (AvgIpc) is 2.61. The predicted octanol–water partition coefficient (Wildman–Crippen LogP) is -0.328. The fourth-order valence-corrected chi connectivity index (χ4v) is 1.86. The van der Waals surface area contributed by atoms with Crippen LogP contribution in [-0.4, -0.2) is 53.7 Å². The van der Waals surface area contributed by atoms with Crippen LogP contribution in [0.1, 0.15) is 20.3 Å². The molecule has 1 rings (SSSR count). The highest BCUT2D eigenvalue weighted by Gasteiger charge is 2.38. The number of ether oxygens (including phenoxy) is 1. The van der Waals surface area contributed by atoms with Gasteiger partial charge >= 0.3 is 5.97 Å². The Kier molecular flexibility index (Phi) is 4.11. The van der Waals surface area contributed by atoms with Crippen molar-refractivity contribution in [1.82, 2.24) is 4.90 Å². The van der Waals surface area contributed by atoms with Gasteiger partial charge in [-0.1, -0.05) is 0 Å². The van der Waals surface area contributed by atoms with Crippen LogP contribution in [0.5, 0.6) is 0 Å². The number of amides is 1. The molecule has 0 aromatic carbocycles. The number of hydrogen-bond donors (Lipinski definition) is 2. The number of carboxylic acids is 1. The van der Waals surface area contributed by atoms with Crippen molar-refractivity contribution in [3.8, 4) is 0 Å². The summed E-state index contributed by atoms with van der Waals surface area (Å²) in [5.74, 6) is -1.73. The van der Waals surface area contributed by atoms with E-state index in [0.29, 0.717) is 0 Å². The highest BCUT2D eigenvalue weighted by Crippen LogP contribution is 2.20. The minimum absolute atomic E-state index is 0.153. The lowest BCUT2D eigenvalue weighted by Gasteiger charge is -2.29. The minimum Gasteiger partial charge on any atom is -0.481 e. The Morgan fingerprint density at radius 3 is 2.53 bits per heavy atom. The van der Waals surface area contributed by atoms with E-state index in [2.05, 4.69) is 0 Å². The summed E-state index contributed by atoms with van der Waals surface area (Å²) in [5, 5.41) is 9.00. The normalized spacial score (nSPS) is 24.7. The molecule has 1 amide bonds. The highest BCUT2D eigenvalue weighted by atomic mass is 16.5. The van der Waals surface area contributed by atoms with Gasteiger partial charge in [-0.25, -0.2) is 0 Å². The van der Waals surface area contributed by atoms with E-state index in [1.165, 1.54) is 4.90 Å². The second-order valence-electron chi connectivity index (χ2n) is 5.22. The van der Waals surface area contributed by atoms with E-state index in [0.717, 1.165) is 0 Å². The molecule has 0 bridgehead atoms. The number of carbonyl (C=O) groups is 2. The molecule has 17 heavy (non-hydrogen) atoms. The quantitative estimate of drug-likeness (QED) is 0.706. The van der Waals surface area contributed by atoms with Crippen LogP contribution < -0.4 is 5.73 Å². The summed E-state index contributed by atoms with van der Waals surface area (Å²) < 4.78 is 5.13. The SMILES string of the molecule is CN(C(=O)CC(C)(C)N)C1COCC1C(=O)O. The first-order valence-electron chi connectivity index (χ1n) is 5.57. The lowest BCUT2D eigenvalue weighted by atomic mass is 9.98. The van der Waals surface area contributed by atoms with Crippen LogP contribution in [0.15, 0.2) is 0 Å². The zero-order chi connectivity index (χ0) is 13.2. The van der Waals surface area contributed by atoms with Gasteiger partial charge in [-0.2, -0.15) is 0 Å². The van der Waals surface area contributed by atoms with Gasteiger partial charge in [-0.05, 0) is 13.8 Å².